The lowest BCUT2D eigenvalue weighted by molar-refractivity contribution is -0.161. The Labute approximate surface area is 167 Å². The molecule has 0 fully saturated rings. The molecule has 28 heavy (non-hydrogen) atoms. The molecule has 0 saturated heterocycles. The number of nitrogens with two attached hydrogens (primary N) is 1. The maximum atomic E-state index is 12.9. The van der Waals surface area contributed by atoms with Crippen LogP contribution in [0.4, 0.5) is 5.69 Å². The predicted octanol–water partition coefficient (Wildman–Crippen LogP) is 5.30. The Bertz CT molecular complexity index is 859. The van der Waals surface area contributed by atoms with Crippen molar-refractivity contribution in [2.75, 3.05) is 5.73 Å². The first-order valence-electron chi connectivity index (χ1n) is 9.99. The number of aliphatic hydroxyl groups is 1. The Morgan fingerprint density at radius 3 is 2.54 bits per heavy atom. The molecule has 4 heteroatoms. The average Bonchev–Trinajstić information content (AvgIpc) is 2.67. The standard InChI is InChI=1S/C24H29NO3/c1-3-13-24(14-12-18-8-5-4-6-9-18)16-21(26)22(23(27)28-24)17(2)19-10-7-11-20(25)15-19/h4-11,15,17,26H,3,12-14,16,25H2,1-2H3. The van der Waals surface area contributed by atoms with E-state index >= 15 is 0 Å². The Morgan fingerprint density at radius 1 is 1.14 bits per heavy atom. The van der Waals surface area contributed by atoms with Crippen molar-refractivity contribution in [3.05, 3.63) is 77.1 Å². The maximum absolute atomic E-state index is 12.9. The van der Waals surface area contributed by atoms with E-state index in [0.29, 0.717) is 24.1 Å². The van der Waals surface area contributed by atoms with Crippen molar-refractivity contribution in [3.63, 3.8) is 0 Å². The van der Waals surface area contributed by atoms with Gasteiger partial charge in [0.25, 0.3) is 0 Å². The number of benzene rings is 2. The molecule has 0 spiro atoms. The number of nitrogen functional groups attached to an aromatic ring is 1. The molecule has 4 nitrogen and oxygen atoms in total. The van der Waals surface area contributed by atoms with Gasteiger partial charge in [0.1, 0.15) is 11.4 Å². The van der Waals surface area contributed by atoms with Gasteiger partial charge in [-0.2, -0.15) is 0 Å². The van der Waals surface area contributed by atoms with Crippen LogP contribution in [0.1, 0.15) is 56.6 Å². The van der Waals surface area contributed by atoms with Crippen molar-refractivity contribution >= 4 is 11.7 Å². The van der Waals surface area contributed by atoms with Crippen LogP contribution in [-0.2, 0) is 16.0 Å². The van der Waals surface area contributed by atoms with Crippen LogP contribution < -0.4 is 5.73 Å². The molecule has 148 valence electrons. The molecular weight excluding hydrogens is 350 g/mol. The molecule has 1 heterocycles. The molecular formula is C24H29NO3. The zero-order valence-electron chi connectivity index (χ0n) is 16.7. The van der Waals surface area contributed by atoms with E-state index in [1.807, 2.05) is 43.3 Å². The Morgan fingerprint density at radius 2 is 1.89 bits per heavy atom. The zero-order chi connectivity index (χ0) is 20.1. The van der Waals surface area contributed by atoms with Crippen LogP contribution in [0.25, 0.3) is 0 Å². The number of ether oxygens (including phenoxy) is 1. The van der Waals surface area contributed by atoms with Gasteiger partial charge in [0, 0.05) is 18.0 Å². The van der Waals surface area contributed by atoms with Crippen LogP contribution in [-0.4, -0.2) is 16.7 Å². The highest BCUT2D eigenvalue weighted by atomic mass is 16.6. The normalized spacial score (nSPS) is 20.7. The van der Waals surface area contributed by atoms with E-state index in [1.54, 1.807) is 6.07 Å². The van der Waals surface area contributed by atoms with Gasteiger partial charge in [-0.05, 0) is 42.5 Å². The maximum Gasteiger partial charge on any atom is 0.338 e. The lowest BCUT2D eigenvalue weighted by atomic mass is 9.81. The number of aliphatic hydroxyl groups excluding tert-OH is 1. The quantitative estimate of drug-likeness (QED) is 0.505. The summed E-state index contributed by atoms with van der Waals surface area (Å²) < 4.78 is 6.00. The molecule has 0 amide bonds. The van der Waals surface area contributed by atoms with Crippen LogP contribution in [0.2, 0.25) is 0 Å². The van der Waals surface area contributed by atoms with Crippen molar-refractivity contribution in [3.8, 4) is 0 Å². The van der Waals surface area contributed by atoms with Crippen LogP contribution in [0.15, 0.2) is 65.9 Å². The zero-order valence-corrected chi connectivity index (χ0v) is 16.7. The van der Waals surface area contributed by atoms with E-state index in [4.69, 9.17) is 10.5 Å². The number of carbonyl (C=O) groups is 1. The molecule has 2 atom stereocenters. The highest BCUT2D eigenvalue weighted by molar-refractivity contribution is 5.92. The summed E-state index contributed by atoms with van der Waals surface area (Å²) in [6, 6.07) is 17.6. The Hall–Kier alpha value is -2.75. The average molecular weight is 380 g/mol. The van der Waals surface area contributed by atoms with E-state index in [2.05, 4.69) is 19.1 Å². The molecule has 0 aliphatic carbocycles. The van der Waals surface area contributed by atoms with Gasteiger partial charge in [-0.3, -0.25) is 0 Å². The fourth-order valence-corrected chi connectivity index (χ4v) is 4.10. The van der Waals surface area contributed by atoms with Crippen LogP contribution in [0.5, 0.6) is 0 Å². The van der Waals surface area contributed by atoms with E-state index in [9.17, 15) is 9.90 Å². The van der Waals surface area contributed by atoms with E-state index in [1.165, 1.54) is 5.56 Å². The Balaban J connectivity index is 1.84. The first-order valence-corrected chi connectivity index (χ1v) is 9.99. The molecule has 0 saturated carbocycles. The molecule has 1 aliphatic rings. The second-order valence-corrected chi connectivity index (χ2v) is 7.74. The van der Waals surface area contributed by atoms with E-state index < -0.39 is 11.6 Å². The van der Waals surface area contributed by atoms with Crippen LogP contribution in [0.3, 0.4) is 0 Å². The minimum atomic E-state index is -0.648. The number of carbonyl (C=O) groups excluding carboxylic acids is 1. The molecule has 1 aliphatic heterocycles. The fourth-order valence-electron chi connectivity index (χ4n) is 4.10. The van der Waals surface area contributed by atoms with Gasteiger partial charge >= 0.3 is 5.97 Å². The first-order chi connectivity index (χ1) is 13.4. The predicted molar refractivity (Wildman–Crippen MR) is 112 cm³/mol. The highest BCUT2D eigenvalue weighted by Crippen LogP contribution is 2.40. The van der Waals surface area contributed by atoms with Crippen LogP contribution >= 0.6 is 0 Å². The van der Waals surface area contributed by atoms with Gasteiger partial charge in [0.15, 0.2) is 0 Å². The minimum absolute atomic E-state index is 0.146. The summed E-state index contributed by atoms with van der Waals surface area (Å²) in [6.45, 7) is 3.97. The van der Waals surface area contributed by atoms with E-state index in [-0.39, 0.29) is 11.7 Å². The number of hydrogen-bond acceptors (Lipinski definition) is 4. The second-order valence-electron chi connectivity index (χ2n) is 7.74. The summed E-state index contributed by atoms with van der Waals surface area (Å²) in [6.07, 6.45) is 3.48. The summed E-state index contributed by atoms with van der Waals surface area (Å²) >= 11 is 0. The molecule has 0 aromatic heterocycles. The van der Waals surface area contributed by atoms with Gasteiger partial charge in [-0.25, -0.2) is 4.79 Å². The molecule has 0 bridgehead atoms. The van der Waals surface area contributed by atoms with Gasteiger partial charge in [0.05, 0.1) is 5.57 Å². The lowest BCUT2D eigenvalue weighted by Crippen LogP contribution is -2.41. The largest absolute Gasteiger partial charge is 0.512 e. The molecule has 3 N–H and O–H groups in total. The monoisotopic (exact) mass is 379 g/mol. The Kier molecular flexibility index (Phi) is 6.08. The third-order valence-electron chi connectivity index (χ3n) is 5.59. The molecule has 2 unspecified atom stereocenters. The number of aryl methyl sites for hydroxylation is 1. The number of esters is 1. The van der Waals surface area contributed by atoms with Crippen LogP contribution in [0, 0.1) is 0 Å². The number of rotatable bonds is 7. The second kappa shape index (κ2) is 8.51. The number of anilines is 1. The van der Waals surface area contributed by atoms with Crippen molar-refractivity contribution in [1.82, 2.24) is 0 Å². The van der Waals surface area contributed by atoms with Gasteiger partial charge in [-0.15, -0.1) is 0 Å². The number of cyclic esters (lactones) is 1. The van der Waals surface area contributed by atoms with Crippen molar-refractivity contribution in [2.45, 2.75) is 57.5 Å². The third kappa shape index (κ3) is 4.38. The summed E-state index contributed by atoms with van der Waals surface area (Å²) in [5.41, 5.74) is 8.31. The van der Waals surface area contributed by atoms with Crippen molar-refractivity contribution in [1.29, 1.82) is 0 Å². The molecule has 3 rings (SSSR count). The summed E-state index contributed by atoms with van der Waals surface area (Å²) in [5.74, 6) is -0.544. The number of hydrogen-bond donors (Lipinski definition) is 2. The smallest absolute Gasteiger partial charge is 0.338 e. The van der Waals surface area contributed by atoms with Gasteiger partial charge < -0.3 is 15.6 Å². The van der Waals surface area contributed by atoms with Gasteiger partial charge in [0.2, 0.25) is 0 Å². The molecule has 2 aromatic rings. The van der Waals surface area contributed by atoms with E-state index in [0.717, 1.165) is 24.8 Å². The summed E-state index contributed by atoms with van der Waals surface area (Å²) in [7, 11) is 0. The highest BCUT2D eigenvalue weighted by Gasteiger charge is 2.42. The van der Waals surface area contributed by atoms with Crippen molar-refractivity contribution < 1.29 is 14.6 Å². The summed E-state index contributed by atoms with van der Waals surface area (Å²) in [5, 5.41) is 10.8. The minimum Gasteiger partial charge on any atom is -0.512 e. The van der Waals surface area contributed by atoms with Crippen molar-refractivity contribution in [2.24, 2.45) is 0 Å². The molecule has 2 aromatic carbocycles. The first kappa shape index (κ1) is 20.0. The molecule has 0 radical (unpaired) electrons. The SMILES string of the molecule is CCCC1(CCc2ccccc2)CC(O)=C(C(C)c2cccc(N)c2)C(=O)O1. The fraction of sp³-hybridized carbons (Fsp3) is 0.375. The third-order valence-corrected chi connectivity index (χ3v) is 5.59. The van der Waals surface area contributed by atoms with Gasteiger partial charge in [-0.1, -0.05) is 62.7 Å². The summed E-state index contributed by atoms with van der Waals surface area (Å²) in [4.78, 5) is 12.9. The topological polar surface area (TPSA) is 72.5 Å². The lowest BCUT2D eigenvalue weighted by Gasteiger charge is -2.38.